The van der Waals surface area contributed by atoms with E-state index in [9.17, 15) is 4.79 Å². The molecule has 0 aromatic carbocycles. The predicted molar refractivity (Wildman–Crippen MR) is 74.8 cm³/mol. The van der Waals surface area contributed by atoms with Crippen LogP contribution in [0.3, 0.4) is 0 Å². The van der Waals surface area contributed by atoms with Crippen molar-refractivity contribution in [2.75, 3.05) is 0 Å². The summed E-state index contributed by atoms with van der Waals surface area (Å²) in [7, 11) is 1.87. The average Bonchev–Trinajstić information content (AvgIpc) is 3.18. The first-order valence-corrected chi connectivity index (χ1v) is 6.71. The van der Waals surface area contributed by atoms with Crippen LogP contribution in [-0.2, 0) is 13.6 Å². The molecule has 1 aliphatic rings. The van der Waals surface area contributed by atoms with Crippen LogP contribution < -0.4 is 10.6 Å². The van der Waals surface area contributed by atoms with E-state index in [2.05, 4.69) is 20.7 Å². The summed E-state index contributed by atoms with van der Waals surface area (Å²) in [5, 5.41) is 10.1. The van der Waals surface area contributed by atoms with Crippen LogP contribution in [0.25, 0.3) is 11.4 Å². The van der Waals surface area contributed by atoms with E-state index in [0.29, 0.717) is 12.6 Å². The lowest BCUT2D eigenvalue weighted by Crippen LogP contribution is -2.36. The van der Waals surface area contributed by atoms with E-state index in [-0.39, 0.29) is 6.03 Å². The molecule has 0 aliphatic heterocycles. The fourth-order valence-electron chi connectivity index (χ4n) is 2.00. The van der Waals surface area contributed by atoms with Crippen molar-refractivity contribution in [1.29, 1.82) is 0 Å². The first kappa shape index (κ1) is 12.7. The van der Waals surface area contributed by atoms with Gasteiger partial charge in [-0.1, -0.05) is 6.07 Å². The number of amides is 2. The van der Waals surface area contributed by atoms with E-state index >= 15 is 0 Å². The molecular weight excluding hydrogens is 254 g/mol. The minimum absolute atomic E-state index is 0.127. The van der Waals surface area contributed by atoms with Gasteiger partial charge in [-0.3, -0.25) is 9.67 Å². The monoisotopic (exact) mass is 271 g/mol. The second-order valence-corrected chi connectivity index (χ2v) is 4.96. The van der Waals surface area contributed by atoms with Crippen molar-refractivity contribution in [3.05, 3.63) is 36.2 Å². The summed E-state index contributed by atoms with van der Waals surface area (Å²) in [4.78, 5) is 15.9. The molecule has 2 amide bonds. The number of carbonyl (C=O) groups excluding carboxylic acids is 1. The van der Waals surface area contributed by atoms with Crippen LogP contribution in [0, 0.1) is 0 Å². The molecule has 0 bridgehead atoms. The summed E-state index contributed by atoms with van der Waals surface area (Å²) in [6.45, 7) is 0.416. The minimum Gasteiger partial charge on any atom is -0.335 e. The third-order valence-corrected chi connectivity index (χ3v) is 3.20. The molecule has 1 fully saturated rings. The number of nitrogens with zero attached hydrogens (tertiary/aromatic N) is 3. The number of pyridine rings is 1. The van der Waals surface area contributed by atoms with Crippen LogP contribution in [0.4, 0.5) is 4.79 Å². The summed E-state index contributed by atoms with van der Waals surface area (Å²) < 4.78 is 1.78. The standard InChI is InChI=1S/C14H17N5O/c1-19-13(12-4-2-3-7-15-12)8-11(18-19)9-16-14(20)17-10-5-6-10/h2-4,7-8,10H,5-6,9H2,1H3,(H2,16,17,20). The molecule has 2 aromatic rings. The van der Waals surface area contributed by atoms with E-state index in [1.807, 2.05) is 31.3 Å². The van der Waals surface area contributed by atoms with Gasteiger partial charge < -0.3 is 10.6 Å². The summed E-state index contributed by atoms with van der Waals surface area (Å²) >= 11 is 0. The molecule has 6 heteroatoms. The van der Waals surface area contributed by atoms with E-state index in [4.69, 9.17) is 0 Å². The zero-order valence-corrected chi connectivity index (χ0v) is 11.3. The molecule has 0 atom stereocenters. The van der Waals surface area contributed by atoms with Gasteiger partial charge in [0.05, 0.1) is 23.6 Å². The summed E-state index contributed by atoms with van der Waals surface area (Å²) in [5.74, 6) is 0. The Morgan fingerprint density at radius 3 is 3.00 bits per heavy atom. The topological polar surface area (TPSA) is 71.8 Å². The highest BCUT2D eigenvalue weighted by atomic mass is 16.2. The Bertz CT molecular complexity index is 603. The maximum atomic E-state index is 11.6. The highest BCUT2D eigenvalue weighted by Gasteiger charge is 2.23. The molecule has 1 saturated carbocycles. The van der Waals surface area contributed by atoms with Crippen molar-refractivity contribution >= 4 is 6.03 Å². The molecule has 104 valence electrons. The molecule has 0 unspecified atom stereocenters. The van der Waals surface area contributed by atoms with Gasteiger partial charge in [0.25, 0.3) is 0 Å². The fourth-order valence-corrected chi connectivity index (χ4v) is 2.00. The van der Waals surface area contributed by atoms with Crippen LogP contribution in [0.15, 0.2) is 30.5 Å². The van der Waals surface area contributed by atoms with E-state index in [1.54, 1.807) is 10.9 Å². The lowest BCUT2D eigenvalue weighted by atomic mass is 10.2. The molecule has 0 radical (unpaired) electrons. The molecule has 6 nitrogen and oxygen atoms in total. The quantitative estimate of drug-likeness (QED) is 0.884. The maximum absolute atomic E-state index is 11.6. The Hall–Kier alpha value is -2.37. The van der Waals surface area contributed by atoms with Crippen LogP contribution in [-0.4, -0.2) is 26.8 Å². The van der Waals surface area contributed by atoms with Crippen molar-refractivity contribution < 1.29 is 4.79 Å². The van der Waals surface area contributed by atoms with Gasteiger partial charge in [-0.05, 0) is 31.0 Å². The van der Waals surface area contributed by atoms with Crippen molar-refractivity contribution in [2.24, 2.45) is 7.05 Å². The van der Waals surface area contributed by atoms with Crippen molar-refractivity contribution in [3.63, 3.8) is 0 Å². The fraction of sp³-hybridized carbons (Fsp3) is 0.357. The Morgan fingerprint density at radius 2 is 2.30 bits per heavy atom. The third kappa shape index (κ3) is 2.96. The average molecular weight is 271 g/mol. The number of hydrogen-bond acceptors (Lipinski definition) is 3. The second-order valence-electron chi connectivity index (χ2n) is 4.96. The Balaban J connectivity index is 1.64. The van der Waals surface area contributed by atoms with E-state index in [0.717, 1.165) is 29.9 Å². The van der Waals surface area contributed by atoms with Crippen molar-refractivity contribution in [2.45, 2.75) is 25.4 Å². The highest BCUT2D eigenvalue weighted by Crippen LogP contribution is 2.18. The number of aryl methyl sites for hydroxylation is 1. The van der Waals surface area contributed by atoms with Gasteiger partial charge in [-0.25, -0.2) is 4.79 Å². The van der Waals surface area contributed by atoms with Gasteiger partial charge >= 0.3 is 6.03 Å². The van der Waals surface area contributed by atoms with E-state index < -0.39 is 0 Å². The molecular formula is C14H17N5O. The molecule has 0 saturated heterocycles. The lowest BCUT2D eigenvalue weighted by molar-refractivity contribution is 0.240. The second kappa shape index (κ2) is 5.32. The van der Waals surface area contributed by atoms with Crippen LogP contribution in [0.2, 0.25) is 0 Å². The highest BCUT2D eigenvalue weighted by molar-refractivity contribution is 5.74. The van der Waals surface area contributed by atoms with Crippen molar-refractivity contribution in [1.82, 2.24) is 25.4 Å². The normalized spacial score (nSPS) is 14.1. The summed E-state index contributed by atoms with van der Waals surface area (Å²) in [6.07, 6.45) is 3.92. The van der Waals surface area contributed by atoms with Gasteiger partial charge in [-0.15, -0.1) is 0 Å². The Morgan fingerprint density at radius 1 is 1.45 bits per heavy atom. The van der Waals surface area contributed by atoms with Gasteiger partial charge in [0, 0.05) is 19.3 Å². The van der Waals surface area contributed by atoms with Crippen molar-refractivity contribution in [3.8, 4) is 11.4 Å². The van der Waals surface area contributed by atoms with Gasteiger partial charge in [-0.2, -0.15) is 5.10 Å². The van der Waals surface area contributed by atoms with Gasteiger partial charge in [0.1, 0.15) is 0 Å². The van der Waals surface area contributed by atoms with Crippen LogP contribution in [0.1, 0.15) is 18.5 Å². The van der Waals surface area contributed by atoms with Crippen LogP contribution >= 0.6 is 0 Å². The Kier molecular flexibility index (Phi) is 3.37. The zero-order valence-electron chi connectivity index (χ0n) is 11.3. The maximum Gasteiger partial charge on any atom is 0.315 e. The lowest BCUT2D eigenvalue weighted by Gasteiger charge is -2.03. The van der Waals surface area contributed by atoms with Gasteiger partial charge in [0.15, 0.2) is 0 Å². The zero-order chi connectivity index (χ0) is 13.9. The Labute approximate surface area is 117 Å². The molecule has 3 rings (SSSR count). The molecule has 1 aliphatic carbocycles. The largest absolute Gasteiger partial charge is 0.335 e. The molecule has 20 heavy (non-hydrogen) atoms. The molecule has 2 N–H and O–H groups in total. The third-order valence-electron chi connectivity index (χ3n) is 3.20. The predicted octanol–water partition coefficient (Wildman–Crippen LogP) is 1.44. The number of nitrogens with one attached hydrogen (secondary N) is 2. The van der Waals surface area contributed by atoms with E-state index in [1.165, 1.54) is 0 Å². The first-order chi connectivity index (χ1) is 9.72. The number of urea groups is 1. The molecule has 0 spiro atoms. The number of hydrogen-bond donors (Lipinski definition) is 2. The number of rotatable bonds is 4. The van der Waals surface area contributed by atoms with Gasteiger partial charge in [0.2, 0.25) is 0 Å². The number of aromatic nitrogens is 3. The van der Waals surface area contributed by atoms with Crippen LogP contribution in [0.5, 0.6) is 0 Å². The molecule has 2 aromatic heterocycles. The molecule has 2 heterocycles. The summed E-state index contributed by atoms with van der Waals surface area (Å²) in [6, 6.07) is 7.94. The minimum atomic E-state index is -0.127. The number of carbonyl (C=O) groups is 1. The first-order valence-electron chi connectivity index (χ1n) is 6.71. The summed E-state index contributed by atoms with van der Waals surface area (Å²) in [5.41, 5.74) is 2.63. The smallest absolute Gasteiger partial charge is 0.315 e. The SMILES string of the molecule is Cn1nc(CNC(=O)NC2CC2)cc1-c1ccccn1.